The van der Waals surface area contributed by atoms with E-state index in [1.165, 1.54) is 12.1 Å². The van der Waals surface area contributed by atoms with Gasteiger partial charge in [0.1, 0.15) is 6.10 Å². The molecular weight excluding hydrogens is 236 g/mol. The van der Waals surface area contributed by atoms with Crippen LogP contribution in [0.2, 0.25) is 0 Å². The first kappa shape index (κ1) is 13.9. The molecule has 1 aromatic rings. The Morgan fingerprint density at radius 1 is 1.39 bits per heavy atom. The van der Waals surface area contributed by atoms with Gasteiger partial charge in [-0.05, 0) is 18.0 Å². The average Bonchev–Trinajstić information content (AvgIpc) is 2.39. The second-order valence-corrected chi connectivity index (χ2v) is 3.52. The zero-order valence-electron chi connectivity index (χ0n) is 9.47. The number of aliphatic hydroxyl groups is 2. The SMILES string of the molecule is [N-]=[N+]=NCCC(O)C(O)c1ccccc1N=C=O. The smallest absolute Gasteiger partial charge is 0.240 e. The minimum atomic E-state index is -1.20. The molecule has 0 fully saturated rings. The zero-order chi connectivity index (χ0) is 13.4. The van der Waals surface area contributed by atoms with Crippen molar-refractivity contribution >= 4 is 11.8 Å². The Labute approximate surface area is 103 Å². The Morgan fingerprint density at radius 3 is 2.78 bits per heavy atom. The molecule has 2 N–H and O–H groups in total. The molecule has 2 atom stereocenters. The highest BCUT2D eigenvalue weighted by Crippen LogP contribution is 2.28. The fourth-order valence-corrected chi connectivity index (χ4v) is 1.49. The van der Waals surface area contributed by atoms with E-state index in [0.717, 1.165) is 0 Å². The van der Waals surface area contributed by atoms with Crippen LogP contribution in [-0.4, -0.2) is 28.9 Å². The third-order valence-electron chi connectivity index (χ3n) is 2.37. The lowest BCUT2D eigenvalue weighted by Gasteiger charge is -2.18. The fourth-order valence-electron chi connectivity index (χ4n) is 1.49. The molecule has 2 unspecified atom stereocenters. The van der Waals surface area contributed by atoms with Crippen molar-refractivity contribution in [3.8, 4) is 0 Å². The predicted molar refractivity (Wildman–Crippen MR) is 63.8 cm³/mol. The van der Waals surface area contributed by atoms with E-state index in [4.69, 9.17) is 5.53 Å². The maximum atomic E-state index is 10.2. The summed E-state index contributed by atoms with van der Waals surface area (Å²) in [5, 5.41) is 22.9. The molecule has 0 bridgehead atoms. The standard InChI is InChI=1S/C11H12N4O3/c12-15-14-6-5-10(17)11(18)8-3-1-2-4-9(8)13-7-16/h1-4,10-11,17-18H,5-6H2. The second-order valence-electron chi connectivity index (χ2n) is 3.52. The van der Waals surface area contributed by atoms with Gasteiger partial charge in [-0.25, -0.2) is 4.79 Å². The van der Waals surface area contributed by atoms with Gasteiger partial charge >= 0.3 is 0 Å². The number of hydrogen-bond acceptors (Lipinski definition) is 5. The van der Waals surface area contributed by atoms with Crippen LogP contribution in [0.4, 0.5) is 5.69 Å². The van der Waals surface area contributed by atoms with Gasteiger partial charge in [-0.15, -0.1) is 0 Å². The number of nitrogens with zero attached hydrogens (tertiary/aromatic N) is 4. The highest BCUT2D eigenvalue weighted by molar-refractivity contribution is 5.54. The molecule has 1 aromatic carbocycles. The first-order chi connectivity index (χ1) is 8.70. The molecule has 94 valence electrons. The van der Waals surface area contributed by atoms with Crippen molar-refractivity contribution in [1.82, 2.24) is 0 Å². The van der Waals surface area contributed by atoms with E-state index in [-0.39, 0.29) is 18.7 Å². The Bertz CT molecular complexity index is 493. The average molecular weight is 248 g/mol. The summed E-state index contributed by atoms with van der Waals surface area (Å²) in [4.78, 5) is 16.2. The van der Waals surface area contributed by atoms with Gasteiger partial charge in [0, 0.05) is 17.0 Å². The molecule has 7 nitrogen and oxygen atoms in total. The van der Waals surface area contributed by atoms with Crippen LogP contribution in [0.25, 0.3) is 10.4 Å². The number of rotatable bonds is 6. The zero-order valence-corrected chi connectivity index (χ0v) is 9.47. The van der Waals surface area contributed by atoms with Crippen molar-refractivity contribution in [2.24, 2.45) is 10.1 Å². The van der Waals surface area contributed by atoms with E-state index >= 15 is 0 Å². The molecule has 0 radical (unpaired) electrons. The molecule has 0 aliphatic heterocycles. The number of para-hydroxylation sites is 1. The molecule has 18 heavy (non-hydrogen) atoms. The van der Waals surface area contributed by atoms with E-state index in [0.29, 0.717) is 5.56 Å². The predicted octanol–water partition coefficient (Wildman–Crippen LogP) is 1.75. The lowest BCUT2D eigenvalue weighted by molar-refractivity contribution is 0.0154. The van der Waals surface area contributed by atoms with Crippen LogP contribution >= 0.6 is 0 Å². The quantitative estimate of drug-likeness (QED) is 0.262. The lowest BCUT2D eigenvalue weighted by Crippen LogP contribution is -2.19. The summed E-state index contributed by atoms with van der Waals surface area (Å²) in [5.41, 5.74) is 8.69. The third kappa shape index (κ3) is 3.69. The van der Waals surface area contributed by atoms with Gasteiger partial charge < -0.3 is 10.2 Å². The Kier molecular flexibility index (Phi) is 5.57. The van der Waals surface area contributed by atoms with Crippen molar-refractivity contribution in [2.45, 2.75) is 18.6 Å². The van der Waals surface area contributed by atoms with Crippen molar-refractivity contribution in [2.75, 3.05) is 6.54 Å². The maximum absolute atomic E-state index is 10.2. The van der Waals surface area contributed by atoms with Gasteiger partial charge in [0.2, 0.25) is 6.08 Å². The minimum Gasteiger partial charge on any atom is -0.390 e. The number of isocyanates is 1. The van der Waals surface area contributed by atoms with Crippen LogP contribution in [0.1, 0.15) is 18.1 Å². The second kappa shape index (κ2) is 7.21. The lowest BCUT2D eigenvalue weighted by atomic mass is 10.0. The molecular formula is C11H12N4O3. The van der Waals surface area contributed by atoms with Crippen molar-refractivity contribution in [1.29, 1.82) is 0 Å². The molecule has 0 aliphatic rings. The Morgan fingerprint density at radius 2 is 2.11 bits per heavy atom. The minimum absolute atomic E-state index is 0.0772. The van der Waals surface area contributed by atoms with Gasteiger partial charge in [0.25, 0.3) is 0 Å². The summed E-state index contributed by atoms with van der Waals surface area (Å²) in [6.07, 6.45) is -0.799. The van der Waals surface area contributed by atoms with Crippen LogP contribution in [0.15, 0.2) is 34.4 Å². The molecule has 0 heterocycles. The van der Waals surface area contributed by atoms with Crippen LogP contribution < -0.4 is 0 Å². The summed E-state index contributed by atoms with van der Waals surface area (Å²) in [5.74, 6) is 0. The molecule has 0 saturated carbocycles. The molecule has 0 aromatic heterocycles. The van der Waals surface area contributed by atoms with Gasteiger partial charge in [-0.2, -0.15) is 4.99 Å². The number of aliphatic imine (C=N–C) groups is 1. The van der Waals surface area contributed by atoms with E-state index in [2.05, 4.69) is 15.0 Å². The van der Waals surface area contributed by atoms with E-state index in [9.17, 15) is 15.0 Å². The van der Waals surface area contributed by atoms with E-state index < -0.39 is 12.2 Å². The summed E-state index contributed by atoms with van der Waals surface area (Å²) in [6, 6.07) is 6.39. The van der Waals surface area contributed by atoms with Gasteiger partial charge in [0.15, 0.2) is 0 Å². The van der Waals surface area contributed by atoms with Crippen molar-refractivity contribution in [3.63, 3.8) is 0 Å². The molecule has 0 saturated heterocycles. The topological polar surface area (TPSA) is 119 Å². The highest BCUT2D eigenvalue weighted by atomic mass is 16.3. The molecule has 0 amide bonds. The van der Waals surface area contributed by atoms with Crippen LogP contribution in [0.3, 0.4) is 0 Å². The summed E-state index contributed by atoms with van der Waals surface area (Å²) in [7, 11) is 0. The third-order valence-corrected chi connectivity index (χ3v) is 2.37. The summed E-state index contributed by atoms with van der Waals surface area (Å²) >= 11 is 0. The largest absolute Gasteiger partial charge is 0.390 e. The monoisotopic (exact) mass is 248 g/mol. The molecule has 0 aliphatic carbocycles. The number of benzene rings is 1. The van der Waals surface area contributed by atoms with Crippen molar-refractivity contribution < 1.29 is 15.0 Å². The molecule has 7 heteroatoms. The fraction of sp³-hybridized carbons (Fsp3) is 0.364. The summed E-state index contributed by atoms with van der Waals surface area (Å²) in [6.45, 7) is 0.0772. The normalized spacial score (nSPS) is 13.0. The number of hydrogen-bond donors (Lipinski definition) is 2. The van der Waals surface area contributed by atoms with Crippen LogP contribution in [-0.2, 0) is 4.79 Å². The number of carbonyl (C=O) groups excluding carboxylic acids is 1. The van der Waals surface area contributed by atoms with Gasteiger partial charge in [0.05, 0.1) is 11.8 Å². The van der Waals surface area contributed by atoms with Crippen LogP contribution in [0.5, 0.6) is 0 Å². The maximum Gasteiger partial charge on any atom is 0.240 e. The number of aliphatic hydroxyl groups excluding tert-OH is 2. The van der Waals surface area contributed by atoms with Crippen molar-refractivity contribution in [3.05, 3.63) is 40.3 Å². The van der Waals surface area contributed by atoms with E-state index in [1.807, 2.05) is 0 Å². The Balaban J connectivity index is 2.85. The van der Waals surface area contributed by atoms with Crippen LogP contribution in [0, 0.1) is 0 Å². The van der Waals surface area contributed by atoms with Gasteiger partial charge in [-0.3, -0.25) is 0 Å². The van der Waals surface area contributed by atoms with Gasteiger partial charge in [-0.1, -0.05) is 23.3 Å². The first-order valence-electron chi connectivity index (χ1n) is 5.24. The highest BCUT2D eigenvalue weighted by Gasteiger charge is 2.20. The summed E-state index contributed by atoms with van der Waals surface area (Å²) < 4.78 is 0. The molecule has 1 rings (SSSR count). The first-order valence-corrected chi connectivity index (χ1v) is 5.24. The molecule has 0 spiro atoms. The van der Waals surface area contributed by atoms with E-state index in [1.54, 1.807) is 18.2 Å². The Hall–Kier alpha value is -2.17. The number of azide groups is 1.